The fourth-order valence-corrected chi connectivity index (χ4v) is 6.28. The topological polar surface area (TPSA) is 94.1 Å². The maximum Gasteiger partial charge on any atom is 0.490 e. The molecule has 230 valence electrons. The van der Waals surface area contributed by atoms with E-state index in [1.165, 1.54) is 17.7 Å². The van der Waals surface area contributed by atoms with Gasteiger partial charge in [-0.2, -0.15) is 13.2 Å². The number of hydrogen-bond donors (Lipinski definition) is 1. The maximum absolute atomic E-state index is 13.5. The van der Waals surface area contributed by atoms with Gasteiger partial charge in [-0.25, -0.2) is 4.79 Å². The van der Waals surface area contributed by atoms with Gasteiger partial charge in [-0.05, 0) is 82.1 Å². The van der Waals surface area contributed by atoms with Gasteiger partial charge in [0.05, 0.1) is 0 Å². The molecule has 2 amide bonds. The van der Waals surface area contributed by atoms with E-state index in [9.17, 15) is 22.8 Å². The van der Waals surface area contributed by atoms with Crippen molar-refractivity contribution in [3.05, 3.63) is 53.8 Å². The van der Waals surface area contributed by atoms with E-state index in [-0.39, 0.29) is 17.7 Å². The Morgan fingerprint density at radius 2 is 1.67 bits per heavy atom. The summed E-state index contributed by atoms with van der Waals surface area (Å²) in [5.41, 5.74) is 0.865. The lowest BCUT2D eigenvalue weighted by Crippen LogP contribution is -2.45. The van der Waals surface area contributed by atoms with Crippen molar-refractivity contribution in [2.45, 2.75) is 55.3 Å². The van der Waals surface area contributed by atoms with Crippen molar-refractivity contribution in [3.8, 4) is 0 Å². The fraction of sp³-hybridized carbons (Fsp3) is 0.517. The van der Waals surface area contributed by atoms with Crippen LogP contribution in [0.1, 0.15) is 39.0 Å². The Labute approximate surface area is 253 Å². The number of alkyl halides is 3. The van der Waals surface area contributed by atoms with Gasteiger partial charge in [0.15, 0.2) is 0 Å². The van der Waals surface area contributed by atoms with Gasteiger partial charge in [0.25, 0.3) is 0 Å². The van der Waals surface area contributed by atoms with Crippen LogP contribution in [0, 0.1) is 5.92 Å². The van der Waals surface area contributed by atoms with Crippen LogP contribution in [0.4, 0.5) is 18.9 Å². The van der Waals surface area contributed by atoms with Crippen molar-refractivity contribution in [2.75, 3.05) is 44.2 Å². The molecule has 1 aromatic carbocycles. The van der Waals surface area contributed by atoms with E-state index in [1.54, 1.807) is 6.92 Å². The van der Waals surface area contributed by atoms with Gasteiger partial charge in [0.1, 0.15) is 0 Å². The zero-order valence-electron chi connectivity index (χ0n) is 23.4. The molecular weight excluding hydrogens is 593 g/mol. The summed E-state index contributed by atoms with van der Waals surface area (Å²) in [6.07, 6.45) is 3.36. The molecule has 2 aliphatic rings. The predicted octanol–water partition coefficient (Wildman–Crippen LogP) is 5.61. The van der Waals surface area contributed by atoms with Gasteiger partial charge < -0.3 is 19.8 Å². The molecule has 2 fully saturated rings. The molecule has 0 spiro atoms. The van der Waals surface area contributed by atoms with Crippen LogP contribution in [-0.2, 0) is 14.4 Å². The number of carboxylic acid groups (broad SMARTS) is 1. The Balaban J connectivity index is 0.000000616. The van der Waals surface area contributed by atoms with Crippen LogP contribution in [0.15, 0.2) is 53.7 Å². The van der Waals surface area contributed by atoms with E-state index >= 15 is 0 Å². The number of aromatic nitrogens is 1. The number of carbonyl (C=O) groups excluding carboxylic acids is 2. The van der Waals surface area contributed by atoms with Gasteiger partial charge >= 0.3 is 12.1 Å². The lowest BCUT2D eigenvalue weighted by atomic mass is 9.94. The van der Waals surface area contributed by atoms with Crippen molar-refractivity contribution in [3.63, 3.8) is 0 Å². The van der Waals surface area contributed by atoms with Crippen LogP contribution in [-0.4, -0.2) is 88.4 Å². The van der Waals surface area contributed by atoms with Gasteiger partial charge in [0, 0.05) is 65.7 Å². The largest absolute Gasteiger partial charge is 0.490 e. The standard InChI is InChI=1S/C27H35ClN4O2S.C2HF3O2/c1-21(33)31-18-8-22(9-19-31)27(34)32(24-5-2-4-23(28)20-24)15-3-14-30-16-10-26(11-17-30)35-25-6-12-29-13-7-25;3-2(4,5)1(6)7/h2,4-7,12-13,20,22,26H,3,8-11,14-19H2,1H3;(H,6,7). The number of piperidine rings is 2. The fourth-order valence-electron chi connectivity index (χ4n) is 4.98. The van der Waals surface area contributed by atoms with Crippen LogP contribution in [0.3, 0.4) is 0 Å². The molecule has 2 aliphatic heterocycles. The molecule has 0 radical (unpaired) electrons. The van der Waals surface area contributed by atoms with E-state index in [0.29, 0.717) is 29.9 Å². The molecule has 2 aromatic rings. The number of aliphatic carboxylic acids is 1. The molecule has 3 heterocycles. The Kier molecular flexibility index (Phi) is 12.9. The Morgan fingerprint density at radius 3 is 2.21 bits per heavy atom. The Hall–Kier alpha value is -2.83. The molecule has 13 heteroatoms. The number of rotatable bonds is 8. The summed E-state index contributed by atoms with van der Waals surface area (Å²) < 4.78 is 31.7. The summed E-state index contributed by atoms with van der Waals surface area (Å²) in [4.78, 5) is 45.8. The van der Waals surface area contributed by atoms with E-state index in [1.807, 2.05) is 58.2 Å². The highest BCUT2D eigenvalue weighted by molar-refractivity contribution is 8.00. The minimum Gasteiger partial charge on any atom is -0.475 e. The third-order valence-corrected chi connectivity index (χ3v) is 8.85. The second-order valence-corrected chi connectivity index (χ2v) is 12.1. The highest BCUT2D eigenvalue weighted by atomic mass is 35.5. The molecule has 1 aromatic heterocycles. The molecule has 4 rings (SSSR count). The molecule has 42 heavy (non-hydrogen) atoms. The number of thioether (sulfide) groups is 1. The second-order valence-electron chi connectivity index (χ2n) is 10.2. The molecule has 0 aliphatic carbocycles. The first-order valence-corrected chi connectivity index (χ1v) is 15.1. The Morgan fingerprint density at radius 1 is 1.05 bits per heavy atom. The number of anilines is 1. The number of amides is 2. The highest BCUT2D eigenvalue weighted by Crippen LogP contribution is 2.30. The van der Waals surface area contributed by atoms with Crippen LogP contribution in [0.25, 0.3) is 0 Å². The van der Waals surface area contributed by atoms with Gasteiger partial charge in [-0.15, -0.1) is 11.8 Å². The quantitative estimate of drug-likeness (QED) is 0.406. The van der Waals surface area contributed by atoms with Gasteiger partial charge in [0.2, 0.25) is 11.8 Å². The van der Waals surface area contributed by atoms with Gasteiger partial charge in [-0.3, -0.25) is 14.6 Å². The number of halogens is 4. The number of carbonyl (C=O) groups is 3. The summed E-state index contributed by atoms with van der Waals surface area (Å²) in [5, 5.41) is 8.42. The first-order valence-electron chi connectivity index (χ1n) is 13.9. The summed E-state index contributed by atoms with van der Waals surface area (Å²) in [6, 6.07) is 11.8. The molecule has 0 saturated carbocycles. The van der Waals surface area contributed by atoms with Crippen molar-refractivity contribution in [2.24, 2.45) is 5.92 Å². The normalized spacial score (nSPS) is 16.8. The number of carboxylic acids is 1. The first-order chi connectivity index (χ1) is 19.9. The molecule has 0 bridgehead atoms. The van der Waals surface area contributed by atoms with E-state index in [4.69, 9.17) is 21.5 Å². The Bertz CT molecular complexity index is 1170. The summed E-state index contributed by atoms with van der Waals surface area (Å²) in [6.45, 7) is 6.76. The molecule has 8 nitrogen and oxygen atoms in total. The monoisotopic (exact) mass is 628 g/mol. The summed E-state index contributed by atoms with van der Waals surface area (Å²) in [5.74, 6) is -2.56. The van der Waals surface area contributed by atoms with Crippen molar-refractivity contribution in [1.82, 2.24) is 14.8 Å². The highest BCUT2D eigenvalue weighted by Gasteiger charge is 2.38. The average Bonchev–Trinajstić information content (AvgIpc) is 2.96. The molecular formula is C29H36ClF3N4O4S. The van der Waals surface area contributed by atoms with Crippen LogP contribution in [0.5, 0.6) is 0 Å². The van der Waals surface area contributed by atoms with Crippen molar-refractivity contribution in [1.29, 1.82) is 0 Å². The minimum atomic E-state index is -5.08. The predicted molar refractivity (Wildman–Crippen MR) is 157 cm³/mol. The minimum absolute atomic E-state index is 0.0504. The molecule has 0 unspecified atom stereocenters. The summed E-state index contributed by atoms with van der Waals surface area (Å²) in [7, 11) is 0. The van der Waals surface area contributed by atoms with Crippen LogP contribution >= 0.6 is 23.4 Å². The van der Waals surface area contributed by atoms with Crippen molar-refractivity contribution >= 4 is 46.8 Å². The number of nitrogens with zero attached hydrogens (tertiary/aromatic N) is 4. The van der Waals surface area contributed by atoms with E-state index < -0.39 is 12.1 Å². The van der Waals surface area contributed by atoms with E-state index in [2.05, 4.69) is 22.0 Å². The number of hydrogen-bond acceptors (Lipinski definition) is 6. The van der Waals surface area contributed by atoms with E-state index in [0.717, 1.165) is 44.6 Å². The average molecular weight is 629 g/mol. The lowest BCUT2D eigenvalue weighted by Gasteiger charge is -2.35. The number of pyridine rings is 1. The van der Waals surface area contributed by atoms with Crippen LogP contribution < -0.4 is 4.90 Å². The molecule has 0 atom stereocenters. The second kappa shape index (κ2) is 16.1. The maximum atomic E-state index is 13.5. The SMILES string of the molecule is CC(=O)N1CCC(C(=O)N(CCCN2CCC(Sc3ccncc3)CC2)c2cccc(Cl)c2)CC1.O=C(O)C(F)(F)F. The molecule has 1 N–H and O–H groups in total. The van der Waals surface area contributed by atoms with Gasteiger partial charge in [-0.1, -0.05) is 17.7 Å². The molecule has 2 saturated heterocycles. The van der Waals surface area contributed by atoms with Crippen molar-refractivity contribution < 1.29 is 32.7 Å². The first kappa shape index (κ1) is 33.7. The number of likely N-dealkylation sites (tertiary alicyclic amines) is 2. The summed E-state index contributed by atoms with van der Waals surface area (Å²) >= 11 is 8.22. The smallest absolute Gasteiger partial charge is 0.475 e. The number of benzene rings is 1. The zero-order chi connectivity index (χ0) is 30.7. The lowest BCUT2D eigenvalue weighted by molar-refractivity contribution is -0.192. The third-order valence-electron chi connectivity index (χ3n) is 7.26. The zero-order valence-corrected chi connectivity index (χ0v) is 25.0. The third kappa shape index (κ3) is 10.8. The van der Waals surface area contributed by atoms with Crippen LogP contribution in [0.2, 0.25) is 5.02 Å².